The molecule has 2 unspecified atom stereocenters. The Hall–Kier alpha value is -3.11. The summed E-state index contributed by atoms with van der Waals surface area (Å²) in [5.41, 5.74) is 2.44. The van der Waals surface area contributed by atoms with E-state index in [0.29, 0.717) is 10.4 Å². The average molecular weight is 540 g/mol. The number of nitrogens with zero attached hydrogens (tertiary/aromatic N) is 4. The minimum absolute atomic E-state index is 0.0449. The lowest BCUT2D eigenvalue weighted by atomic mass is 9.90. The number of hydrogen-bond donors (Lipinski definition) is 1. The summed E-state index contributed by atoms with van der Waals surface area (Å²) in [4.78, 5) is 39.1. The number of nitrogens with one attached hydrogen (secondary N) is 1. The number of fused-ring (bicyclic) bond motifs is 1. The predicted octanol–water partition coefficient (Wildman–Crippen LogP) is 5.02. The van der Waals surface area contributed by atoms with Gasteiger partial charge in [0, 0.05) is 18.3 Å². The summed E-state index contributed by atoms with van der Waals surface area (Å²) in [6.45, 7) is 0. The van der Waals surface area contributed by atoms with E-state index in [1.165, 1.54) is 18.4 Å². The van der Waals surface area contributed by atoms with Crippen molar-refractivity contribution in [3.8, 4) is 11.5 Å². The molecule has 4 aromatic rings. The van der Waals surface area contributed by atoms with Crippen LogP contribution in [0.15, 0.2) is 52.6 Å². The molecule has 34 heavy (non-hydrogen) atoms. The number of methoxy groups -OCH3 is 1. The minimum atomic E-state index is -0.503. The van der Waals surface area contributed by atoms with Crippen molar-refractivity contribution in [3.63, 3.8) is 0 Å². The summed E-state index contributed by atoms with van der Waals surface area (Å²) in [7, 11) is 1.33. The molecule has 0 radical (unpaired) electrons. The molecule has 1 aliphatic carbocycles. The maximum absolute atomic E-state index is 12.7. The molecule has 1 N–H and O–H groups in total. The Kier molecular flexibility index (Phi) is 6.42. The van der Waals surface area contributed by atoms with Gasteiger partial charge in [0.1, 0.15) is 5.69 Å². The zero-order valence-electron chi connectivity index (χ0n) is 18.4. The van der Waals surface area contributed by atoms with E-state index in [9.17, 15) is 9.59 Å². The van der Waals surface area contributed by atoms with Gasteiger partial charge in [-0.2, -0.15) is 0 Å². The van der Waals surface area contributed by atoms with Gasteiger partial charge in [0.25, 0.3) is 5.91 Å². The van der Waals surface area contributed by atoms with Crippen LogP contribution in [-0.2, 0) is 4.74 Å². The number of amides is 1. The zero-order chi connectivity index (χ0) is 23.7. The Morgan fingerprint density at radius 1 is 1.21 bits per heavy atom. The molecule has 10 heteroatoms. The lowest BCUT2D eigenvalue weighted by Crippen LogP contribution is -2.38. The van der Waals surface area contributed by atoms with Crippen LogP contribution in [0.1, 0.15) is 51.9 Å². The Balaban J connectivity index is 1.49. The number of rotatable bonds is 5. The number of carbonyl (C=O) groups excluding carboxylic acids is 2. The third-order valence-electron chi connectivity index (χ3n) is 6.01. The van der Waals surface area contributed by atoms with Crippen LogP contribution in [-0.4, -0.2) is 44.5 Å². The van der Waals surface area contributed by atoms with E-state index in [1.807, 2.05) is 30.3 Å². The Morgan fingerprint density at radius 3 is 2.82 bits per heavy atom. The minimum Gasteiger partial charge on any atom is -0.464 e. The molecule has 4 aromatic heterocycles. The number of carbonyl (C=O) groups is 2. The first-order chi connectivity index (χ1) is 16.5. The zero-order valence-corrected chi connectivity index (χ0v) is 20.8. The number of hydrogen-bond acceptors (Lipinski definition) is 7. The van der Waals surface area contributed by atoms with Gasteiger partial charge in [-0.15, -0.1) is 11.3 Å². The maximum Gasteiger partial charge on any atom is 0.356 e. The molecule has 0 aliphatic heterocycles. The van der Waals surface area contributed by atoms with E-state index in [2.05, 4.69) is 35.8 Å². The van der Waals surface area contributed by atoms with Gasteiger partial charge in [0.15, 0.2) is 11.5 Å². The monoisotopic (exact) mass is 539 g/mol. The molecule has 2 atom stereocenters. The normalized spacial score (nSPS) is 18.1. The molecular formula is C24H22BrN5O3S. The van der Waals surface area contributed by atoms with Crippen LogP contribution < -0.4 is 5.32 Å². The summed E-state index contributed by atoms with van der Waals surface area (Å²) in [5.74, 6) is 0.168. The Morgan fingerprint density at radius 2 is 2.09 bits per heavy atom. The van der Waals surface area contributed by atoms with E-state index in [1.54, 1.807) is 18.5 Å². The number of esters is 1. The van der Waals surface area contributed by atoms with E-state index >= 15 is 0 Å². The van der Waals surface area contributed by atoms with Gasteiger partial charge in [0.05, 0.1) is 33.0 Å². The third-order valence-corrected chi connectivity index (χ3v) is 7.63. The number of thiophene rings is 1. The largest absolute Gasteiger partial charge is 0.464 e. The fourth-order valence-electron chi connectivity index (χ4n) is 4.48. The van der Waals surface area contributed by atoms with E-state index in [-0.39, 0.29) is 23.7 Å². The molecular weight excluding hydrogens is 518 g/mol. The van der Waals surface area contributed by atoms with Crippen molar-refractivity contribution in [2.75, 3.05) is 7.11 Å². The van der Waals surface area contributed by atoms with Crippen LogP contribution in [0.25, 0.3) is 22.6 Å². The van der Waals surface area contributed by atoms with Crippen LogP contribution in [0.2, 0.25) is 0 Å². The molecule has 0 saturated heterocycles. The van der Waals surface area contributed by atoms with Crippen LogP contribution >= 0.6 is 27.3 Å². The highest BCUT2D eigenvalue weighted by Gasteiger charge is 2.29. The molecule has 174 valence electrons. The smallest absolute Gasteiger partial charge is 0.356 e. The lowest BCUT2D eigenvalue weighted by molar-refractivity contribution is 0.0594. The van der Waals surface area contributed by atoms with Gasteiger partial charge in [-0.3, -0.25) is 9.78 Å². The quantitative estimate of drug-likeness (QED) is 0.357. The molecule has 1 saturated carbocycles. The summed E-state index contributed by atoms with van der Waals surface area (Å²) in [5, 5.41) is 3.20. The highest BCUT2D eigenvalue weighted by molar-refractivity contribution is 9.11. The predicted molar refractivity (Wildman–Crippen MR) is 133 cm³/mol. The number of pyridine rings is 2. The molecule has 0 spiro atoms. The highest BCUT2D eigenvalue weighted by Crippen LogP contribution is 2.36. The first kappa shape index (κ1) is 22.7. The Bertz CT molecular complexity index is 1350. The molecule has 8 nitrogen and oxygen atoms in total. The van der Waals surface area contributed by atoms with Gasteiger partial charge >= 0.3 is 5.97 Å². The lowest BCUT2D eigenvalue weighted by Gasteiger charge is -2.31. The van der Waals surface area contributed by atoms with E-state index in [0.717, 1.165) is 46.5 Å². The molecule has 0 bridgehead atoms. The van der Waals surface area contributed by atoms with Crippen molar-refractivity contribution in [3.05, 3.63) is 63.1 Å². The Labute approximate surface area is 208 Å². The number of imidazole rings is 1. The second kappa shape index (κ2) is 9.63. The third kappa shape index (κ3) is 4.47. The van der Waals surface area contributed by atoms with Crippen molar-refractivity contribution in [1.82, 2.24) is 24.8 Å². The topological polar surface area (TPSA) is 99.0 Å². The summed E-state index contributed by atoms with van der Waals surface area (Å²) >= 11 is 4.85. The van der Waals surface area contributed by atoms with Crippen LogP contribution in [0.4, 0.5) is 0 Å². The number of aromatic nitrogens is 4. The molecule has 1 fully saturated rings. The van der Waals surface area contributed by atoms with Crippen molar-refractivity contribution in [2.45, 2.75) is 37.8 Å². The van der Waals surface area contributed by atoms with Crippen molar-refractivity contribution in [1.29, 1.82) is 0 Å². The summed E-state index contributed by atoms with van der Waals surface area (Å²) in [6.07, 6.45) is 7.01. The molecule has 5 rings (SSSR count). The fraction of sp³-hybridized carbons (Fsp3) is 0.292. The van der Waals surface area contributed by atoms with Crippen LogP contribution in [0.5, 0.6) is 0 Å². The van der Waals surface area contributed by atoms with Crippen LogP contribution in [0, 0.1) is 0 Å². The first-order valence-electron chi connectivity index (χ1n) is 11.0. The second-order valence-corrected chi connectivity index (χ2v) is 10.6. The van der Waals surface area contributed by atoms with Gasteiger partial charge in [-0.25, -0.2) is 14.8 Å². The second-order valence-electron chi connectivity index (χ2n) is 8.16. The maximum atomic E-state index is 12.7. The van der Waals surface area contributed by atoms with E-state index in [4.69, 9.17) is 9.72 Å². The molecule has 4 heterocycles. The van der Waals surface area contributed by atoms with Gasteiger partial charge < -0.3 is 14.6 Å². The highest BCUT2D eigenvalue weighted by atomic mass is 79.9. The van der Waals surface area contributed by atoms with Crippen molar-refractivity contribution < 1.29 is 14.3 Å². The average Bonchev–Trinajstić information content (AvgIpc) is 3.47. The van der Waals surface area contributed by atoms with Crippen molar-refractivity contribution in [2.24, 2.45) is 0 Å². The molecule has 1 amide bonds. The van der Waals surface area contributed by atoms with Gasteiger partial charge in [0.2, 0.25) is 0 Å². The van der Waals surface area contributed by atoms with Crippen LogP contribution in [0.3, 0.4) is 0 Å². The fourth-order valence-corrected chi connectivity index (χ4v) is 5.77. The van der Waals surface area contributed by atoms with Gasteiger partial charge in [-0.1, -0.05) is 6.07 Å². The number of ether oxygens (including phenoxy) is 1. The van der Waals surface area contributed by atoms with Crippen molar-refractivity contribution >= 4 is 50.2 Å². The first-order valence-corrected chi connectivity index (χ1v) is 12.6. The molecule has 1 aliphatic rings. The summed E-state index contributed by atoms with van der Waals surface area (Å²) < 4.78 is 7.91. The summed E-state index contributed by atoms with van der Waals surface area (Å²) in [6, 6.07) is 11.2. The number of halogens is 1. The standard InChI is InChI=1S/C24H22BrN5O3S/c1-33-24(32)18-12-17-19(13-27-18)30(22(29-17)16-7-2-3-10-26-16)15-6-4-5-14(11-15)28-23(31)20-8-9-21(25)34-20/h2-3,7-10,12-15H,4-6,11H2,1H3,(H,28,31). The van der Waals surface area contributed by atoms with E-state index < -0.39 is 5.97 Å². The van der Waals surface area contributed by atoms with Gasteiger partial charge in [-0.05, 0) is 71.9 Å². The molecule has 0 aromatic carbocycles. The SMILES string of the molecule is COC(=O)c1cc2nc(-c3ccccn3)n(C3CCCC(NC(=O)c4ccc(Br)s4)C3)c2cn1.